The lowest BCUT2D eigenvalue weighted by atomic mass is 9.92. The third-order valence-corrected chi connectivity index (χ3v) is 12.6. The van der Waals surface area contributed by atoms with E-state index in [4.69, 9.17) is 52.3 Å². The molecule has 20 nitrogen and oxygen atoms in total. The molecule has 0 unspecified atom stereocenters. The molecule has 2 fully saturated rings. The Hall–Kier alpha value is -7.58. The van der Waals surface area contributed by atoms with Gasteiger partial charge in [0.05, 0.1) is 26.4 Å². The van der Waals surface area contributed by atoms with Crippen LogP contribution in [0.4, 0.5) is 0 Å². The first-order chi connectivity index (χ1) is 35.9. The lowest BCUT2D eigenvalue weighted by molar-refractivity contribution is -0.141. The van der Waals surface area contributed by atoms with Gasteiger partial charge in [0.25, 0.3) is 0 Å². The molecule has 2 aliphatic rings. The van der Waals surface area contributed by atoms with E-state index in [1.54, 1.807) is 48.5 Å². The van der Waals surface area contributed by atoms with Crippen molar-refractivity contribution in [2.24, 2.45) is 55.4 Å². The molecular weight excluding hydrogens is 949 g/mol. The second-order valence-corrected chi connectivity index (χ2v) is 18.1. The van der Waals surface area contributed by atoms with Gasteiger partial charge in [0.2, 0.25) is 0 Å². The van der Waals surface area contributed by atoms with E-state index in [0.717, 1.165) is 106 Å². The van der Waals surface area contributed by atoms with Gasteiger partial charge in [-0.05, 0) is 199 Å². The van der Waals surface area contributed by atoms with Crippen LogP contribution in [-0.2, 0) is 19.3 Å². The van der Waals surface area contributed by atoms with E-state index in [9.17, 15) is 9.59 Å². The van der Waals surface area contributed by atoms with Crippen molar-refractivity contribution in [3.05, 3.63) is 119 Å². The van der Waals surface area contributed by atoms with Crippen LogP contribution in [0.2, 0.25) is 0 Å². The Bertz CT molecular complexity index is 2230. The van der Waals surface area contributed by atoms with Crippen LogP contribution in [0.25, 0.3) is 0 Å². The predicted molar refractivity (Wildman–Crippen MR) is 284 cm³/mol. The monoisotopic (exact) mass is 1020 g/mol. The second-order valence-electron chi connectivity index (χ2n) is 18.1. The van der Waals surface area contributed by atoms with Crippen molar-refractivity contribution in [1.82, 2.24) is 9.80 Å². The zero-order chi connectivity index (χ0) is 52.9. The van der Waals surface area contributed by atoms with Crippen molar-refractivity contribution in [3.63, 3.8) is 0 Å². The van der Waals surface area contributed by atoms with Crippen molar-refractivity contribution in [1.29, 1.82) is 0 Å². The van der Waals surface area contributed by atoms with E-state index < -0.39 is 11.9 Å². The van der Waals surface area contributed by atoms with E-state index in [2.05, 4.69) is 40.1 Å². The number of carbonyl (C=O) groups excluding carboxylic acids is 2. The highest BCUT2D eigenvalue weighted by Crippen LogP contribution is 2.25. The standard InChI is InChI=1S/C29H39N5O6.C25H35N5O4/c1-21(35)39-32-28(30)24-6-10-26(11-7-24)37-19-3-5-23-14-17-34(18-15-23)16-4-20-38-27-12-8-25(9-13-27)29(31)33-40-22(2)36;26-24(28-31)20-4-8-22(9-5-20)33-17-1-3-19-12-15-30(16-13-19)14-2-18-34-23-10-6-21(7-11-23)25(27)29-32/h6-13,23H,3-5,14-20H2,1-2H3,(H2,30,32)(H2,31,33);4-11,19,31-32H,1-3,12-18H2,(H2,26,28)(H2,27,29). The summed E-state index contributed by atoms with van der Waals surface area (Å²) in [7, 11) is 0. The molecule has 4 aromatic rings. The minimum atomic E-state index is -0.518. The summed E-state index contributed by atoms with van der Waals surface area (Å²) in [4.78, 5) is 35.8. The summed E-state index contributed by atoms with van der Waals surface area (Å²) in [6.45, 7) is 11.8. The number of hydrogen-bond donors (Lipinski definition) is 6. The van der Waals surface area contributed by atoms with Crippen molar-refractivity contribution >= 4 is 35.3 Å². The Balaban J connectivity index is 0.000000278. The Morgan fingerprint density at radius 2 is 0.730 bits per heavy atom. The Morgan fingerprint density at radius 1 is 0.459 bits per heavy atom. The van der Waals surface area contributed by atoms with E-state index in [1.165, 1.54) is 46.0 Å². The van der Waals surface area contributed by atoms with Crippen LogP contribution in [0.3, 0.4) is 0 Å². The van der Waals surface area contributed by atoms with Crippen LogP contribution in [-0.4, -0.2) is 121 Å². The molecule has 10 N–H and O–H groups in total. The number of piperidine rings is 2. The average Bonchev–Trinajstić information content (AvgIpc) is 3.43. The molecule has 4 aromatic carbocycles. The highest BCUT2D eigenvalue weighted by molar-refractivity contribution is 5.98. The Morgan fingerprint density at radius 3 is 1.00 bits per heavy atom. The number of nitrogens with two attached hydrogens (primary N) is 4. The van der Waals surface area contributed by atoms with Crippen molar-refractivity contribution < 1.29 is 48.6 Å². The highest BCUT2D eigenvalue weighted by Gasteiger charge is 2.20. The number of likely N-dealkylation sites (tertiary alicyclic amines) is 2. The molecule has 0 aromatic heterocycles. The predicted octanol–water partition coefficient (Wildman–Crippen LogP) is 6.61. The van der Waals surface area contributed by atoms with E-state index in [0.29, 0.717) is 48.7 Å². The van der Waals surface area contributed by atoms with Crippen molar-refractivity contribution in [2.75, 3.05) is 65.7 Å². The number of amidine groups is 4. The molecule has 0 radical (unpaired) electrons. The second kappa shape index (κ2) is 31.8. The molecule has 2 heterocycles. The lowest BCUT2D eigenvalue weighted by Gasteiger charge is -2.32. The van der Waals surface area contributed by atoms with Crippen molar-refractivity contribution in [2.45, 2.75) is 78.1 Å². The molecule has 0 amide bonds. The Labute approximate surface area is 433 Å². The number of ether oxygens (including phenoxy) is 4. The van der Waals surface area contributed by atoms with Gasteiger partial charge in [-0.2, -0.15) is 0 Å². The minimum absolute atomic E-state index is 0.0916. The number of nitrogens with zero attached hydrogens (tertiary/aromatic N) is 6. The zero-order valence-corrected chi connectivity index (χ0v) is 42.7. The van der Waals surface area contributed by atoms with Gasteiger partial charge in [0, 0.05) is 49.2 Å². The fourth-order valence-corrected chi connectivity index (χ4v) is 8.41. The van der Waals surface area contributed by atoms with Gasteiger partial charge in [-0.25, -0.2) is 9.59 Å². The fourth-order valence-electron chi connectivity index (χ4n) is 8.41. The maximum absolute atomic E-state index is 10.8. The quantitative estimate of drug-likeness (QED) is 0.00963. The zero-order valence-electron chi connectivity index (χ0n) is 42.7. The molecular formula is C54H74N10O10. The summed E-state index contributed by atoms with van der Waals surface area (Å²) in [5.41, 5.74) is 25.4. The fraction of sp³-hybridized carbons (Fsp3) is 0.444. The van der Waals surface area contributed by atoms with Crippen LogP contribution in [0, 0.1) is 11.8 Å². The normalized spacial score (nSPS) is 15.4. The smallest absolute Gasteiger partial charge is 0.332 e. The topological polar surface area (TPSA) is 290 Å². The van der Waals surface area contributed by atoms with Crippen LogP contribution in [0.15, 0.2) is 118 Å². The highest BCUT2D eigenvalue weighted by atomic mass is 16.7. The maximum Gasteiger partial charge on any atom is 0.332 e. The summed E-state index contributed by atoms with van der Waals surface area (Å²) in [6, 6.07) is 28.9. The van der Waals surface area contributed by atoms with Gasteiger partial charge in [0.1, 0.15) is 23.0 Å². The maximum atomic E-state index is 10.8. The molecule has 6 rings (SSSR count). The molecule has 0 spiro atoms. The van der Waals surface area contributed by atoms with Gasteiger partial charge < -0.3 is 71.8 Å². The molecule has 20 heteroatoms. The summed E-state index contributed by atoms with van der Waals surface area (Å²) in [5.74, 6) is 4.03. The van der Waals surface area contributed by atoms with Crippen molar-refractivity contribution in [3.8, 4) is 23.0 Å². The number of carbonyl (C=O) groups is 2. The number of hydrogen-bond acceptors (Lipinski definition) is 16. The molecule has 2 aliphatic heterocycles. The third kappa shape index (κ3) is 21.3. The van der Waals surface area contributed by atoms with Crippen LogP contribution in [0.5, 0.6) is 23.0 Å². The minimum Gasteiger partial charge on any atom is -0.494 e. The number of oxime groups is 4. The van der Waals surface area contributed by atoms with Gasteiger partial charge in [0.15, 0.2) is 23.3 Å². The first-order valence-electron chi connectivity index (χ1n) is 25.2. The van der Waals surface area contributed by atoms with Crippen LogP contribution in [0.1, 0.15) is 100 Å². The Kier molecular flexibility index (Phi) is 24.6. The average molecular weight is 1020 g/mol. The first kappa shape index (κ1) is 57.3. The number of benzene rings is 4. The summed E-state index contributed by atoms with van der Waals surface area (Å²) in [5, 5.41) is 30.6. The molecule has 74 heavy (non-hydrogen) atoms. The van der Waals surface area contributed by atoms with E-state index >= 15 is 0 Å². The lowest BCUT2D eigenvalue weighted by Crippen LogP contribution is -2.35. The third-order valence-electron chi connectivity index (χ3n) is 12.6. The summed E-state index contributed by atoms with van der Waals surface area (Å²) >= 11 is 0. The molecule has 400 valence electrons. The van der Waals surface area contributed by atoms with Gasteiger partial charge in [-0.15, -0.1) is 0 Å². The molecule has 2 saturated heterocycles. The largest absolute Gasteiger partial charge is 0.494 e. The van der Waals surface area contributed by atoms with E-state index in [-0.39, 0.29) is 23.3 Å². The first-order valence-corrected chi connectivity index (χ1v) is 25.2. The van der Waals surface area contributed by atoms with Crippen LogP contribution >= 0.6 is 0 Å². The summed E-state index contributed by atoms with van der Waals surface area (Å²) in [6.07, 6.45) is 11.2. The summed E-state index contributed by atoms with van der Waals surface area (Å²) < 4.78 is 23.4. The van der Waals surface area contributed by atoms with E-state index in [1.807, 2.05) is 48.5 Å². The number of rotatable bonds is 26. The molecule has 0 aliphatic carbocycles. The SMILES string of the molecule is CC(=O)O/N=C(\N)c1ccc(OCCCC2CCN(CCCOc3ccc(/C(N)=N/OC(C)=O)cc3)CC2)cc1.N/C(=N\O)c1ccc(OCCCC2CCN(CCCOc3ccc(/C(N)=N/O)cc3)CC2)cc1. The molecule has 0 atom stereocenters. The molecule has 0 bridgehead atoms. The van der Waals surface area contributed by atoms with Gasteiger partial charge in [-0.1, -0.05) is 20.6 Å². The van der Waals surface area contributed by atoms with Gasteiger partial charge >= 0.3 is 11.9 Å². The van der Waals surface area contributed by atoms with Gasteiger partial charge in [-0.3, -0.25) is 0 Å². The van der Waals surface area contributed by atoms with Crippen LogP contribution < -0.4 is 41.9 Å². The molecule has 0 saturated carbocycles.